The van der Waals surface area contributed by atoms with E-state index in [-0.39, 0.29) is 0 Å². The van der Waals surface area contributed by atoms with Crippen molar-refractivity contribution < 1.29 is 0 Å². The van der Waals surface area contributed by atoms with E-state index in [2.05, 4.69) is 17.2 Å². The zero-order valence-corrected chi connectivity index (χ0v) is 11.0. The Morgan fingerprint density at radius 2 is 2.38 bits per heavy atom. The van der Waals surface area contributed by atoms with Crippen LogP contribution in [0, 0.1) is 0 Å². The summed E-state index contributed by atoms with van der Waals surface area (Å²) in [6.45, 7) is 3.49. The van der Waals surface area contributed by atoms with Gasteiger partial charge in [-0.2, -0.15) is 0 Å². The van der Waals surface area contributed by atoms with E-state index in [1.54, 1.807) is 11.3 Å². The van der Waals surface area contributed by atoms with Crippen LogP contribution >= 0.6 is 11.3 Å². The topological polar surface area (TPSA) is 24.9 Å². The molecule has 1 N–H and O–H groups in total. The normalized spacial score (nSPS) is 26.6. The molecule has 16 heavy (non-hydrogen) atoms. The number of aromatic nitrogens is 1. The predicted octanol–water partition coefficient (Wildman–Crippen LogP) is 3.39. The first-order valence-corrected chi connectivity index (χ1v) is 7.35. The third-order valence-electron chi connectivity index (χ3n) is 3.56. The third kappa shape index (κ3) is 3.05. The first kappa shape index (κ1) is 12.1. The number of nitrogens with zero attached hydrogens (tertiary/aromatic N) is 1. The molecule has 0 bridgehead atoms. The van der Waals surface area contributed by atoms with Gasteiger partial charge in [-0.15, -0.1) is 11.3 Å². The maximum absolute atomic E-state index is 4.19. The minimum atomic E-state index is 0.359. The molecule has 1 fully saturated rings. The molecule has 0 saturated carbocycles. The molecule has 0 radical (unpaired) electrons. The molecular formula is C13H22N2S. The highest BCUT2D eigenvalue weighted by Crippen LogP contribution is 2.29. The van der Waals surface area contributed by atoms with E-state index in [1.807, 2.05) is 11.7 Å². The lowest BCUT2D eigenvalue weighted by Crippen LogP contribution is -2.46. The molecule has 1 unspecified atom stereocenters. The summed E-state index contributed by atoms with van der Waals surface area (Å²) in [5, 5.41) is 3.81. The van der Waals surface area contributed by atoms with Crippen molar-refractivity contribution in [1.82, 2.24) is 10.3 Å². The van der Waals surface area contributed by atoms with Crippen LogP contribution in [0.3, 0.4) is 0 Å². The van der Waals surface area contributed by atoms with Gasteiger partial charge in [0.25, 0.3) is 0 Å². The second kappa shape index (κ2) is 5.78. The molecule has 90 valence electrons. The Bertz CT molecular complexity index is 287. The number of hydrogen-bond acceptors (Lipinski definition) is 3. The second-order valence-electron chi connectivity index (χ2n) is 4.91. The minimum absolute atomic E-state index is 0.359. The molecule has 1 aliphatic rings. The number of hydrogen-bond donors (Lipinski definition) is 1. The highest BCUT2D eigenvalue weighted by atomic mass is 32.1. The molecule has 1 aromatic heterocycles. The third-order valence-corrected chi connectivity index (χ3v) is 4.34. The van der Waals surface area contributed by atoms with Crippen LogP contribution in [0.5, 0.6) is 0 Å². The lowest BCUT2D eigenvalue weighted by molar-refractivity contribution is 0.290. The molecular weight excluding hydrogens is 216 g/mol. The van der Waals surface area contributed by atoms with Gasteiger partial charge in [0, 0.05) is 23.0 Å². The maximum Gasteiger partial charge on any atom is 0.0794 e. The molecule has 3 heteroatoms. The van der Waals surface area contributed by atoms with Crippen molar-refractivity contribution in [2.24, 2.45) is 0 Å². The highest BCUT2D eigenvalue weighted by Gasteiger charge is 2.30. The lowest BCUT2D eigenvalue weighted by atomic mass is 9.85. The van der Waals surface area contributed by atoms with Gasteiger partial charge in [0.1, 0.15) is 0 Å². The molecule has 1 saturated heterocycles. The van der Waals surface area contributed by atoms with E-state index in [1.165, 1.54) is 56.4 Å². The van der Waals surface area contributed by atoms with Crippen molar-refractivity contribution in [3.63, 3.8) is 0 Å². The van der Waals surface area contributed by atoms with Crippen molar-refractivity contribution in [2.45, 2.75) is 57.4 Å². The zero-order chi connectivity index (χ0) is 11.3. The van der Waals surface area contributed by atoms with E-state index >= 15 is 0 Å². The van der Waals surface area contributed by atoms with Crippen molar-refractivity contribution in [3.8, 4) is 0 Å². The fraction of sp³-hybridized carbons (Fsp3) is 0.769. The monoisotopic (exact) mass is 238 g/mol. The molecule has 1 aliphatic heterocycles. The van der Waals surface area contributed by atoms with Crippen LogP contribution in [0.15, 0.2) is 11.7 Å². The minimum Gasteiger partial charge on any atom is -0.311 e. The Morgan fingerprint density at radius 3 is 3.12 bits per heavy atom. The van der Waals surface area contributed by atoms with Gasteiger partial charge < -0.3 is 5.32 Å². The van der Waals surface area contributed by atoms with E-state index < -0.39 is 0 Å². The fourth-order valence-electron chi connectivity index (χ4n) is 2.80. The molecule has 0 aromatic carbocycles. The quantitative estimate of drug-likeness (QED) is 0.869. The highest BCUT2D eigenvalue weighted by molar-refractivity contribution is 7.09. The second-order valence-corrected chi connectivity index (χ2v) is 5.88. The molecule has 2 heterocycles. The summed E-state index contributed by atoms with van der Waals surface area (Å²) >= 11 is 1.80. The summed E-state index contributed by atoms with van der Waals surface area (Å²) in [6, 6.07) is 0. The molecule has 0 amide bonds. The first-order valence-electron chi connectivity index (χ1n) is 6.47. The maximum atomic E-state index is 4.19. The Kier molecular flexibility index (Phi) is 4.36. The molecule has 1 aromatic rings. The predicted molar refractivity (Wildman–Crippen MR) is 69.9 cm³/mol. The first-order chi connectivity index (χ1) is 7.85. The van der Waals surface area contributed by atoms with Gasteiger partial charge in [0.15, 0.2) is 0 Å². The average molecular weight is 238 g/mol. The van der Waals surface area contributed by atoms with Gasteiger partial charge in [-0.05, 0) is 25.8 Å². The van der Waals surface area contributed by atoms with E-state index in [4.69, 9.17) is 0 Å². The van der Waals surface area contributed by atoms with Crippen molar-refractivity contribution in [3.05, 3.63) is 16.6 Å². The van der Waals surface area contributed by atoms with E-state index in [0.717, 1.165) is 0 Å². The van der Waals surface area contributed by atoms with Crippen LogP contribution in [0.1, 0.15) is 50.3 Å². The summed E-state index contributed by atoms with van der Waals surface area (Å²) < 4.78 is 0. The van der Waals surface area contributed by atoms with Crippen LogP contribution in [-0.4, -0.2) is 17.1 Å². The van der Waals surface area contributed by atoms with Crippen LogP contribution in [-0.2, 0) is 6.42 Å². The summed E-state index contributed by atoms with van der Waals surface area (Å²) in [5.41, 5.74) is 2.31. The largest absolute Gasteiger partial charge is 0.311 e. The van der Waals surface area contributed by atoms with Crippen LogP contribution < -0.4 is 5.32 Å². The van der Waals surface area contributed by atoms with Crippen LogP contribution in [0.25, 0.3) is 0 Å². The fourth-order valence-corrected chi connectivity index (χ4v) is 3.54. The molecule has 2 rings (SSSR count). The number of nitrogens with one attached hydrogen (secondary N) is 1. The van der Waals surface area contributed by atoms with Gasteiger partial charge in [-0.1, -0.05) is 26.2 Å². The Balaban J connectivity index is 2.06. The van der Waals surface area contributed by atoms with Crippen molar-refractivity contribution >= 4 is 11.3 Å². The van der Waals surface area contributed by atoms with Gasteiger partial charge >= 0.3 is 0 Å². The molecule has 1 atom stereocenters. The standard InChI is InChI=1S/C13H22N2S/c1-2-6-13(7-4-3-5-8-15-13)9-12-10-14-11-16-12/h10-11,15H,2-9H2,1H3. The Morgan fingerprint density at radius 1 is 1.44 bits per heavy atom. The van der Waals surface area contributed by atoms with Crippen LogP contribution in [0.2, 0.25) is 0 Å². The molecule has 0 aliphatic carbocycles. The summed E-state index contributed by atoms with van der Waals surface area (Å²) in [6.07, 6.45) is 11.2. The summed E-state index contributed by atoms with van der Waals surface area (Å²) in [7, 11) is 0. The number of thiazole rings is 1. The molecule has 2 nitrogen and oxygen atoms in total. The number of rotatable bonds is 4. The van der Waals surface area contributed by atoms with Gasteiger partial charge in [0.05, 0.1) is 5.51 Å². The Labute approximate surface area is 102 Å². The zero-order valence-electron chi connectivity index (χ0n) is 10.2. The van der Waals surface area contributed by atoms with Crippen LogP contribution in [0.4, 0.5) is 0 Å². The molecule has 0 spiro atoms. The lowest BCUT2D eigenvalue weighted by Gasteiger charge is -2.33. The summed E-state index contributed by atoms with van der Waals surface area (Å²) in [4.78, 5) is 5.63. The Hall–Kier alpha value is -0.410. The summed E-state index contributed by atoms with van der Waals surface area (Å²) in [5.74, 6) is 0. The average Bonchev–Trinajstić information content (AvgIpc) is 2.66. The van der Waals surface area contributed by atoms with Gasteiger partial charge in [-0.25, -0.2) is 0 Å². The van der Waals surface area contributed by atoms with Crippen molar-refractivity contribution in [2.75, 3.05) is 6.54 Å². The smallest absolute Gasteiger partial charge is 0.0794 e. The van der Waals surface area contributed by atoms with Gasteiger partial charge in [0.2, 0.25) is 0 Å². The van der Waals surface area contributed by atoms with Crippen molar-refractivity contribution in [1.29, 1.82) is 0 Å². The van der Waals surface area contributed by atoms with E-state index in [0.29, 0.717) is 5.54 Å². The van der Waals surface area contributed by atoms with Gasteiger partial charge in [-0.3, -0.25) is 4.98 Å². The van der Waals surface area contributed by atoms with E-state index in [9.17, 15) is 0 Å². The SMILES string of the molecule is CCCC1(Cc2cncs2)CCCCCN1.